The fraction of sp³-hybridized carbons (Fsp3) is 0.889. The average molecular weight is 170 g/mol. The van der Waals surface area contributed by atoms with Crippen molar-refractivity contribution in [3.8, 4) is 0 Å². The second-order valence-electron chi connectivity index (χ2n) is 3.33. The summed E-state index contributed by atoms with van der Waals surface area (Å²) in [5.41, 5.74) is 5.34. The maximum Gasteiger partial charge on any atom is 0.224 e. The van der Waals surface area contributed by atoms with Crippen molar-refractivity contribution in [1.82, 2.24) is 4.90 Å². The number of nitrogens with two attached hydrogens (primary N) is 1. The Morgan fingerprint density at radius 2 is 2.42 bits per heavy atom. The van der Waals surface area contributed by atoms with Crippen LogP contribution in [-0.4, -0.2) is 29.9 Å². The van der Waals surface area contributed by atoms with Gasteiger partial charge in [0.1, 0.15) is 0 Å². The lowest BCUT2D eigenvalue weighted by Gasteiger charge is -2.23. The fourth-order valence-electron chi connectivity index (χ4n) is 1.86. The summed E-state index contributed by atoms with van der Waals surface area (Å²) in [6, 6.07) is 0.490. The average Bonchev–Trinajstić information content (AvgIpc) is 2.51. The third kappa shape index (κ3) is 1.97. The van der Waals surface area contributed by atoms with Crippen LogP contribution in [0.1, 0.15) is 32.6 Å². The lowest BCUT2D eigenvalue weighted by atomic mass is 10.1. The highest BCUT2D eigenvalue weighted by Crippen LogP contribution is 2.20. The SMILES string of the molecule is CC[C@@H]1CCCN1C(=O)CCN. The first-order chi connectivity index (χ1) is 5.79. The van der Waals surface area contributed by atoms with Gasteiger partial charge in [0.2, 0.25) is 5.91 Å². The highest BCUT2D eigenvalue weighted by molar-refractivity contribution is 5.76. The van der Waals surface area contributed by atoms with E-state index in [-0.39, 0.29) is 5.91 Å². The van der Waals surface area contributed by atoms with E-state index in [9.17, 15) is 4.79 Å². The topological polar surface area (TPSA) is 46.3 Å². The van der Waals surface area contributed by atoms with Crippen molar-refractivity contribution in [2.45, 2.75) is 38.6 Å². The van der Waals surface area contributed by atoms with Crippen molar-refractivity contribution >= 4 is 5.91 Å². The van der Waals surface area contributed by atoms with Crippen LogP contribution in [-0.2, 0) is 4.79 Å². The fourth-order valence-corrected chi connectivity index (χ4v) is 1.86. The molecule has 1 heterocycles. The number of hydrogen-bond donors (Lipinski definition) is 1. The Bertz CT molecular complexity index is 159. The van der Waals surface area contributed by atoms with Gasteiger partial charge in [-0.2, -0.15) is 0 Å². The Kier molecular flexibility index (Phi) is 3.53. The van der Waals surface area contributed by atoms with Crippen LogP contribution in [0.15, 0.2) is 0 Å². The van der Waals surface area contributed by atoms with Crippen molar-refractivity contribution in [3.05, 3.63) is 0 Å². The molecule has 1 aliphatic rings. The molecule has 0 radical (unpaired) electrons. The van der Waals surface area contributed by atoms with E-state index in [1.807, 2.05) is 4.90 Å². The summed E-state index contributed by atoms with van der Waals surface area (Å²) in [4.78, 5) is 13.5. The predicted molar refractivity (Wildman–Crippen MR) is 48.7 cm³/mol. The van der Waals surface area contributed by atoms with Crippen LogP contribution in [0.5, 0.6) is 0 Å². The van der Waals surface area contributed by atoms with E-state index in [2.05, 4.69) is 6.92 Å². The highest BCUT2D eigenvalue weighted by atomic mass is 16.2. The Hall–Kier alpha value is -0.570. The smallest absolute Gasteiger partial charge is 0.224 e. The second kappa shape index (κ2) is 4.45. The Labute approximate surface area is 73.9 Å². The van der Waals surface area contributed by atoms with E-state index in [1.54, 1.807) is 0 Å². The zero-order valence-corrected chi connectivity index (χ0v) is 7.75. The maximum atomic E-state index is 11.5. The Morgan fingerprint density at radius 3 is 3.00 bits per heavy atom. The summed E-state index contributed by atoms with van der Waals surface area (Å²) in [7, 11) is 0. The second-order valence-corrected chi connectivity index (χ2v) is 3.33. The minimum absolute atomic E-state index is 0.238. The molecule has 0 aromatic carbocycles. The number of nitrogens with zero attached hydrogens (tertiary/aromatic N) is 1. The number of rotatable bonds is 3. The van der Waals surface area contributed by atoms with Crippen molar-refractivity contribution in [2.75, 3.05) is 13.1 Å². The van der Waals surface area contributed by atoms with Gasteiger partial charge in [0.15, 0.2) is 0 Å². The molecule has 70 valence electrons. The first kappa shape index (κ1) is 9.52. The third-order valence-corrected chi connectivity index (χ3v) is 2.53. The predicted octanol–water partition coefficient (Wildman–Crippen LogP) is 0.736. The molecule has 1 amide bonds. The zero-order chi connectivity index (χ0) is 8.97. The van der Waals surface area contributed by atoms with Gasteiger partial charge in [0.25, 0.3) is 0 Å². The number of carbonyl (C=O) groups excluding carboxylic acids is 1. The molecule has 2 N–H and O–H groups in total. The quantitative estimate of drug-likeness (QED) is 0.679. The van der Waals surface area contributed by atoms with E-state index < -0.39 is 0 Å². The third-order valence-electron chi connectivity index (χ3n) is 2.53. The van der Waals surface area contributed by atoms with Crippen molar-refractivity contribution in [2.24, 2.45) is 5.73 Å². The molecular weight excluding hydrogens is 152 g/mol. The van der Waals surface area contributed by atoms with Gasteiger partial charge in [0, 0.05) is 25.6 Å². The standard InChI is InChI=1S/C9H18N2O/c1-2-8-4-3-7-11(8)9(12)5-6-10/h8H,2-7,10H2,1H3/t8-/m1/s1. The van der Waals surface area contributed by atoms with Gasteiger partial charge in [-0.15, -0.1) is 0 Å². The summed E-state index contributed by atoms with van der Waals surface area (Å²) in [6.07, 6.45) is 3.93. The highest BCUT2D eigenvalue weighted by Gasteiger charge is 2.26. The van der Waals surface area contributed by atoms with Crippen LogP contribution in [0.3, 0.4) is 0 Å². The summed E-state index contributed by atoms with van der Waals surface area (Å²) >= 11 is 0. The van der Waals surface area contributed by atoms with Gasteiger partial charge in [0.05, 0.1) is 0 Å². The molecule has 0 unspecified atom stereocenters. The molecule has 1 saturated heterocycles. The lowest BCUT2D eigenvalue weighted by Crippen LogP contribution is -2.36. The number of hydrogen-bond acceptors (Lipinski definition) is 2. The number of likely N-dealkylation sites (tertiary alicyclic amines) is 1. The van der Waals surface area contributed by atoms with Crippen LogP contribution in [0.2, 0.25) is 0 Å². The molecule has 0 spiro atoms. The summed E-state index contributed by atoms with van der Waals surface area (Å²) in [5, 5.41) is 0. The first-order valence-electron chi connectivity index (χ1n) is 4.79. The van der Waals surface area contributed by atoms with Gasteiger partial charge < -0.3 is 10.6 Å². The van der Waals surface area contributed by atoms with Gasteiger partial charge in [-0.3, -0.25) is 4.79 Å². The van der Waals surface area contributed by atoms with Crippen molar-refractivity contribution in [1.29, 1.82) is 0 Å². The minimum Gasteiger partial charge on any atom is -0.340 e. The molecule has 1 atom stereocenters. The molecule has 1 aliphatic heterocycles. The van der Waals surface area contributed by atoms with Crippen LogP contribution in [0.4, 0.5) is 0 Å². The van der Waals surface area contributed by atoms with Crippen LogP contribution in [0, 0.1) is 0 Å². The van der Waals surface area contributed by atoms with Crippen LogP contribution >= 0.6 is 0 Å². The lowest BCUT2D eigenvalue weighted by molar-refractivity contribution is -0.131. The van der Waals surface area contributed by atoms with Crippen molar-refractivity contribution < 1.29 is 4.79 Å². The zero-order valence-electron chi connectivity index (χ0n) is 7.75. The molecule has 1 rings (SSSR count). The first-order valence-corrected chi connectivity index (χ1v) is 4.79. The summed E-state index contributed by atoms with van der Waals surface area (Å²) in [6.45, 7) is 3.56. The Balaban J connectivity index is 2.43. The molecule has 0 aromatic heterocycles. The molecule has 0 bridgehead atoms. The van der Waals surface area contributed by atoms with E-state index >= 15 is 0 Å². The van der Waals surface area contributed by atoms with Crippen LogP contribution < -0.4 is 5.73 Å². The van der Waals surface area contributed by atoms with Crippen LogP contribution in [0.25, 0.3) is 0 Å². The molecule has 3 nitrogen and oxygen atoms in total. The van der Waals surface area contributed by atoms with Gasteiger partial charge >= 0.3 is 0 Å². The summed E-state index contributed by atoms with van der Waals surface area (Å²) in [5.74, 6) is 0.238. The van der Waals surface area contributed by atoms with E-state index in [4.69, 9.17) is 5.73 Å². The molecular formula is C9H18N2O. The maximum absolute atomic E-state index is 11.5. The molecule has 0 saturated carbocycles. The van der Waals surface area contributed by atoms with E-state index in [1.165, 1.54) is 6.42 Å². The van der Waals surface area contributed by atoms with E-state index in [0.29, 0.717) is 19.0 Å². The van der Waals surface area contributed by atoms with Gasteiger partial charge in [-0.25, -0.2) is 0 Å². The number of amides is 1. The number of carbonyl (C=O) groups is 1. The molecule has 12 heavy (non-hydrogen) atoms. The van der Waals surface area contributed by atoms with E-state index in [0.717, 1.165) is 19.4 Å². The summed E-state index contributed by atoms with van der Waals surface area (Å²) < 4.78 is 0. The Morgan fingerprint density at radius 1 is 1.67 bits per heavy atom. The van der Waals surface area contributed by atoms with Crippen molar-refractivity contribution in [3.63, 3.8) is 0 Å². The van der Waals surface area contributed by atoms with Gasteiger partial charge in [-0.05, 0) is 19.3 Å². The molecule has 1 fully saturated rings. The molecule has 3 heteroatoms. The molecule has 0 aliphatic carbocycles. The normalized spacial score (nSPS) is 23.2. The monoisotopic (exact) mass is 170 g/mol. The van der Waals surface area contributed by atoms with Gasteiger partial charge in [-0.1, -0.05) is 6.92 Å². The minimum atomic E-state index is 0.238. The largest absolute Gasteiger partial charge is 0.340 e. The molecule has 0 aromatic rings.